The lowest BCUT2D eigenvalue weighted by molar-refractivity contribution is -0.132. The molecular formula is C22H28ClN3O4. The van der Waals surface area contributed by atoms with Gasteiger partial charge in [0.05, 0.1) is 19.8 Å². The molecule has 1 heterocycles. The maximum absolute atomic E-state index is 12.6. The van der Waals surface area contributed by atoms with Crippen molar-refractivity contribution in [3.8, 4) is 11.5 Å². The number of rotatable bonds is 7. The Kier molecular flexibility index (Phi) is 8.35. The van der Waals surface area contributed by atoms with Gasteiger partial charge < -0.3 is 25.4 Å². The number of amides is 2. The summed E-state index contributed by atoms with van der Waals surface area (Å²) in [5, 5.41) is 2.82. The van der Waals surface area contributed by atoms with Crippen molar-refractivity contribution in [3.05, 3.63) is 53.1 Å². The summed E-state index contributed by atoms with van der Waals surface area (Å²) in [6, 6.07) is 10.9. The second kappa shape index (κ2) is 10.7. The fourth-order valence-electron chi connectivity index (χ4n) is 3.49. The molecule has 2 aromatic carbocycles. The molecule has 0 saturated carbocycles. The summed E-state index contributed by atoms with van der Waals surface area (Å²) < 4.78 is 10.7. The number of halogens is 1. The Morgan fingerprint density at radius 1 is 1.10 bits per heavy atom. The largest absolute Gasteiger partial charge is 0.493 e. The molecule has 0 aliphatic carbocycles. The average Bonchev–Trinajstić information content (AvgIpc) is 2.75. The number of nitrogens with two attached hydrogens (primary N) is 1. The van der Waals surface area contributed by atoms with E-state index in [1.165, 1.54) is 5.56 Å². The van der Waals surface area contributed by atoms with Crippen molar-refractivity contribution in [2.45, 2.75) is 25.8 Å². The molecular weight excluding hydrogens is 406 g/mol. The van der Waals surface area contributed by atoms with Crippen LogP contribution in [-0.2, 0) is 17.8 Å². The Hall–Kier alpha value is -2.93. The first-order valence-corrected chi connectivity index (χ1v) is 9.67. The van der Waals surface area contributed by atoms with Crippen LogP contribution in [0, 0.1) is 0 Å². The van der Waals surface area contributed by atoms with E-state index in [9.17, 15) is 9.59 Å². The molecule has 0 saturated heterocycles. The van der Waals surface area contributed by atoms with Gasteiger partial charge in [0.2, 0.25) is 5.91 Å². The minimum atomic E-state index is -0.219. The van der Waals surface area contributed by atoms with E-state index >= 15 is 0 Å². The fourth-order valence-corrected chi connectivity index (χ4v) is 3.49. The summed E-state index contributed by atoms with van der Waals surface area (Å²) in [6.07, 6.45) is 1.74. The number of benzene rings is 2. The first-order valence-electron chi connectivity index (χ1n) is 9.67. The molecule has 1 aliphatic heterocycles. The lowest BCUT2D eigenvalue weighted by atomic mass is 9.98. The maximum Gasteiger partial charge on any atom is 0.253 e. The van der Waals surface area contributed by atoms with Crippen molar-refractivity contribution in [2.75, 3.05) is 33.0 Å². The second-order valence-corrected chi connectivity index (χ2v) is 6.99. The van der Waals surface area contributed by atoms with E-state index in [1.807, 2.05) is 17.0 Å². The molecule has 7 nitrogen and oxygen atoms in total. The third-order valence-electron chi connectivity index (χ3n) is 5.13. The van der Waals surface area contributed by atoms with Crippen molar-refractivity contribution in [3.63, 3.8) is 0 Å². The van der Waals surface area contributed by atoms with Crippen LogP contribution in [0.5, 0.6) is 11.5 Å². The van der Waals surface area contributed by atoms with E-state index in [0.29, 0.717) is 55.2 Å². The van der Waals surface area contributed by atoms with Gasteiger partial charge >= 0.3 is 0 Å². The quantitative estimate of drug-likeness (QED) is 0.517. The molecule has 0 unspecified atom stereocenters. The van der Waals surface area contributed by atoms with Crippen molar-refractivity contribution in [1.29, 1.82) is 0 Å². The number of ether oxygens (including phenoxy) is 2. The highest BCUT2D eigenvalue weighted by Crippen LogP contribution is 2.33. The molecule has 3 N–H and O–H groups in total. The minimum Gasteiger partial charge on any atom is -0.493 e. The second-order valence-electron chi connectivity index (χ2n) is 6.99. The number of hydrogen-bond acceptors (Lipinski definition) is 5. The Morgan fingerprint density at radius 3 is 2.43 bits per heavy atom. The summed E-state index contributed by atoms with van der Waals surface area (Å²) in [6.45, 7) is 1.66. The number of methoxy groups -OCH3 is 2. The molecule has 0 spiro atoms. The topological polar surface area (TPSA) is 93.9 Å². The SMILES string of the molecule is COc1cc2c(cc1OC)CN(C(=O)CCCNC(=O)c1ccccc1N)CC2.Cl. The number of nitrogen functional groups attached to an aromatic ring is 1. The number of nitrogens with zero attached hydrogens (tertiary/aromatic N) is 1. The van der Waals surface area contributed by atoms with Crippen LogP contribution in [0.15, 0.2) is 36.4 Å². The predicted octanol–water partition coefficient (Wildman–Crippen LogP) is 2.80. The lowest BCUT2D eigenvalue weighted by Gasteiger charge is -2.29. The molecule has 0 fully saturated rings. The zero-order valence-corrected chi connectivity index (χ0v) is 18.1. The monoisotopic (exact) mass is 433 g/mol. The van der Waals surface area contributed by atoms with E-state index < -0.39 is 0 Å². The highest BCUT2D eigenvalue weighted by atomic mass is 35.5. The Labute approximate surface area is 182 Å². The summed E-state index contributed by atoms with van der Waals surface area (Å²) in [7, 11) is 3.22. The van der Waals surface area contributed by atoms with Crippen LogP contribution in [0.2, 0.25) is 0 Å². The maximum atomic E-state index is 12.6. The van der Waals surface area contributed by atoms with Crippen LogP contribution in [0.3, 0.4) is 0 Å². The molecule has 1 aliphatic rings. The standard InChI is InChI=1S/C22H27N3O4.ClH/c1-28-19-12-15-9-11-25(14-16(15)13-20(19)29-2)21(26)8-5-10-24-22(27)17-6-3-4-7-18(17)23;/h3-4,6-7,12-13H,5,8-11,14,23H2,1-2H3,(H,24,27);1H. The van der Waals surface area contributed by atoms with Gasteiger partial charge in [-0.05, 0) is 48.2 Å². The molecule has 0 atom stereocenters. The van der Waals surface area contributed by atoms with Crippen LogP contribution in [0.25, 0.3) is 0 Å². The van der Waals surface area contributed by atoms with Gasteiger partial charge in [-0.2, -0.15) is 0 Å². The van der Waals surface area contributed by atoms with Gasteiger partial charge in [0.1, 0.15) is 0 Å². The number of anilines is 1. The van der Waals surface area contributed by atoms with Crippen LogP contribution in [-0.4, -0.2) is 44.0 Å². The van der Waals surface area contributed by atoms with Gasteiger partial charge in [-0.1, -0.05) is 12.1 Å². The highest BCUT2D eigenvalue weighted by molar-refractivity contribution is 5.99. The smallest absolute Gasteiger partial charge is 0.253 e. The van der Waals surface area contributed by atoms with Crippen molar-refractivity contribution >= 4 is 29.9 Å². The van der Waals surface area contributed by atoms with Crippen LogP contribution >= 0.6 is 12.4 Å². The Morgan fingerprint density at radius 2 is 1.77 bits per heavy atom. The number of fused-ring (bicyclic) bond motifs is 1. The number of para-hydroxylation sites is 1. The number of hydrogen-bond donors (Lipinski definition) is 2. The zero-order valence-electron chi connectivity index (χ0n) is 17.3. The Bertz CT molecular complexity index is 904. The molecule has 30 heavy (non-hydrogen) atoms. The average molecular weight is 434 g/mol. The molecule has 0 radical (unpaired) electrons. The summed E-state index contributed by atoms with van der Waals surface area (Å²) in [5.41, 5.74) is 8.97. The normalized spacial score (nSPS) is 12.4. The van der Waals surface area contributed by atoms with Crippen molar-refractivity contribution < 1.29 is 19.1 Å². The van der Waals surface area contributed by atoms with Gasteiger partial charge in [0.25, 0.3) is 5.91 Å². The first kappa shape index (κ1) is 23.3. The number of carbonyl (C=O) groups excluding carboxylic acids is 2. The Balaban J connectivity index is 0.00000320. The molecule has 0 aromatic heterocycles. The molecule has 3 rings (SSSR count). The number of nitrogens with one attached hydrogen (secondary N) is 1. The summed E-state index contributed by atoms with van der Waals surface area (Å²) in [5.74, 6) is 1.24. The molecule has 8 heteroatoms. The fraction of sp³-hybridized carbons (Fsp3) is 0.364. The van der Waals surface area contributed by atoms with E-state index in [1.54, 1.807) is 38.5 Å². The van der Waals surface area contributed by atoms with Gasteiger partial charge in [-0.3, -0.25) is 9.59 Å². The first-order chi connectivity index (χ1) is 14.0. The van der Waals surface area contributed by atoms with Crippen LogP contribution < -0.4 is 20.5 Å². The number of carbonyl (C=O) groups is 2. The molecule has 2 aromatic rings. The van der Waals surface area contributed by atoms with Gasteiger partial charge in [-0.15, -0.1) is 12.4 Å². The van der Waals surface area contributed by atoms with Crippen molar-refractivity contribution in [2.24, 2.45) is 0 Å². The highest BCUT2D eigenvalue weighted by Gasteiger charge is 2.22. The van der Waals surface area contributed by atoms with E-state index in [2.05, 4.69) is 5.32 Å². The van der Waals surface area contributed by atoms with Crippen LogP contribution in [0.4, 0.5) is 5.69 Å². The van der Waals surface area contributed by atoms with E-state index in [-0.39, 0.29) is 24.2 Å². The lowest BCUT2D eigenvalue weighted by Crippen LogP contribution is -2.36. The minimum absolute atomic E-state index is 0. The molecule has 0 bridgehead atoms. The van der Waals surface area contributed by atoms with Crippen molar-refractivity contribution in [1.82, 2.24) is 10.2 Å². The van der Waals surface area contributed by atoms with E-state index in [0.717, 1.165) is 12.0 Å². The van der Waals surface area contributed by atoms with Gasteiger partial charge in [0.15, 0.2) is 11.5 Å². The third kappa shape index (κ3) is 5.36. The van der Waals surface area contributed by atoms with Gasteiger partial charge in [-0.25, -0.2) is 0 Å². The predicted molar refractivity (Wildman–Crippen MR) is 118 cm³/mol. The molecule has 162 valence electrons. The zero-order chi connectivity index (χ0) is 20.8. The van der Waals surface area contributed by atoms with Crippen LogP contribution in [0.1, 0.15) is 34.3 Å². The summed E-state index contributed by atoms with van der Waals surface area (Å²) in [4.78, 5) is 26.6. The van der Waals surface area contributed by atoms with Gasteiger partial charge in [0, 0.05) is 31.7 Å². The third-order valence-corrected chi connectivity index (χ3v) is 5.13. The summed E-state index contributed by atoms with van der Waals surface area (Å²) >= 11 is 0. The van der Waals surface area contributed by atoms with E-state index in [4.69, 9.17) is 15.2 Å². The molecule has 2 amide bonds.